The van der Waals surface area contributed by atoms with E-state index in [2.05, 4.69) is 25.8 Å². The minimum Gasteiger partial charge on any atom is -0.322 e. The third kappa shape index (κ3) is 1.88. The predicted octanol–water partition coefficient (Wildman–Crippen LogP) is 2.39. The van der Waals surface area contributed by atoms with Crippen LogP contribution in [0, 0.1) is 26.2 Å². The smallest absolute Gasteiger partial charge is 0.0500 e. The number of nitrogens with two attached hydrogens (primary N) is 1. The first-order chi connectivity index (χ1) is 5.65. The largest absolute Gasteiger partial charge is 0.322 e. The molecule has 0 aliphatic carbocycles. The summed E-state index contributed by atoms with van der Waals surface area (Å²) >= 11 is 1.74. The van der Waals surface area contributed by atoms with Crippen LogP contribution in [0.5, 0.6) is 0 Å². The van der Waals surface area contributed by atoms with Crippen LogP contribution in [0.1, 0.15) is 27.8 Å². The molecule has 0 radical (unpaired) electrons. The van der Waals surface area contributed by atoms with Gasteiger partial charge in [-0.3, -0.25) is 0 Å². The van der Waals surface area contributed by atoms with Crippen molar-refractivity contribution in [3.63, 3.8) is 0 Å². The zero-order chi connectivity index (χ0) is 9.14. The lowest BCUT2D eigenvalue weighted by atomic mass is 10.1. The Hall–Kier alpha value is -0.780. The molecule has 0 aliphatic rings. The summed E-state index contributed by atoms with van der Waals surface area (Å²) in [5.41, 5.74) is 7.16. The van der Waals surface area contributed by atoms with E-state index in [1.54, 1.807) is 11.3 Å². The Labute approximate surface area is 77.6 Å². The molecule has 1 aromatic rings. The molecule has 0 aromatic carbocycles. The number of hydrogen-bond acceptors (Lipinski definition) is 2. The molecule has 0 saturated carbocycles. The van der Waals surface area contributed by atoms with Crippen LogP contribution in [0.25, 0.3) is 0 Å². The van der Waals surface area contributed by atoms with E-state index in [9.17, 15) is 0 Å². The molecular weight excluding hydrogens is 166 g/mol. The maximum Gasteiger partial charge on any atom is 0.0500 e. The summed E-state index contributed by atoms with van der Waals surface area (Å²) in [6, 6.07) is 2.15. The van der Waals surface area contributed by atoms with Crippen molar-refractivity contribution in [2.75, 3.05) is 0 Å². The van der Waals surface area contributed by atoms with Gasteiger partial charge in [-0.2, -0.15) is 0 Å². The highest BCUT2D eigenvalue weighted by atomic mass is 32.1. The number of rotatable bonds is 2. The van der Waals surface area contributed by atoms with Gasteiger partial charge in [0, 0.05) is 16.2 Å². The number of thiophene rings is 1. The summed E-state index contributed by atoms with van der Waals surface area (Å²) in [5, 5.41) is 0. The van der Waals surface area contributed by atoms with E-state index >= 15 is 0 Å². The second-order valence-electron chi connectivity index (χ2n) is 2.90. The zero-order valence-electron chi connectivity index (χ0n) is 7.42. The molecule has 0 aliphatic heterocycles. The van der Waals surface area contributed by atoms with Crippen LogP contribution < -0.4 is 5.73 Å². The molecule has 1 rings (SSSR count). The fraction of sp³-hybridized carbons (Fsp3) is 0.400. The first-order valence-electron chi connectivity index (χ1n) is 3.91. The minimum absolute atomic E-state index is 0.0207. The third-order valence-corrected chi connectivity index (χ3v) is 3.17. The standard InChI is InChI=1S/C10H13NS/c1-4-5-9(11)10-6-7(2)8(3)12-10/h1,6,9H,5,11H2,2-3H3. The Morgan fingerprint density at radius 3 is 2.75 bits per heavy atom. The molecule has 12 heavy (non-hydrogen) atoms. The summed E-state index contributed by atoms with van der Waals surface area (Å²) in [5.74, 6) is 2.58. The minimum atomic E-state index is 0.0207. The molecule has 0 saturated heterocycles. The van der Waals surface area contributed by atoms with Crippen LogP contribution in [0.4, 0.5) is 0 Å². The van der Waals surface area contributed by atoms with E-state index in [0.29, 0.717) is 6.42 Å². The van der Waals surface area contributed by atoms with Crippen LogP contribution in [0.15, 0.2) is 6.07 Å². The number of hydrogen-bond donors (Lipinski definition) is 1. The lowest BCUT2D eigenvalue weighted by molar-refractivity contribution is 0.771. The van der Waals surface area contributed by atoms with Crippen molar-refractivity contribution in [1.82, 2.24) is 0 Å². The van der Waals surface area contributed by atoms with Crippen molar-refractivity contribution >= 4 is 11.3 Å². The first-order valence-corrected chi connectivity index (χ1v) is 4.72. The molecular formula is C10H13NS. The Morgan fingerprint density at radius 1 is 1.67 bits per heavy atom. The summed E-state index contributed by atoms with van der Waals surface area (Å²) in [4.78, 5) is 2.53. The Morgan fingerprint density at radius 2 is 2.33 bits per heavy atom. The van der Waals surface area contributed by atoms with Crippen LogP contribution in [-0.4, -0.2) is 0 Å². The fourth-order valence-electron chi connectivity index (χ4n) is 1.01. The van der Waals surface area contributed by atoms with Gasteiger partial charge in [0.2, 0.25) is 0 Å². The highest BCUT2D eigenvalue weighted by Gasteiger charge is 2.08. The third-order valence-electron chi connectivity index (χ3n) is 1.89. The second-order valence-corrected chi connectivity index (χ2v) is 4.19. The molecule has 1 atom stereocenters. The van der Waals surface area contributed by atoms with E-state index < -0.39 is 0 Å². The Bertz CT molecular complexity index is 287. The predicted molar refractivity (Wildman–Crippen MR) is 54.2 cm³/mol. The lowest BCUT2D eigenvalue weighted by Gasteiger charge is -2.02. The van der Waals surface area contributed by atoms with Crippen molar-refractivity contribution in [3.05, 3.63) is 21.4 Å². The molecule has 0 spiro atoms. The maximum absolute atomic E-state index is 5.86. The van der Waals surface area contributed by atoms with Crippen molar-refractivity contribution in [1.29, 1.82) is 0 Å². The van der Waals surface area contributed by atoms with Gasteiger partial charge in [0.25, 0.3) is 0 Å². The average Bonchev–Trinajstić information content (AvgIpc) is 2.33. The summed E-state index contributed by atoms with van der Waals surface area (Å²) in [7, 11) is 0. The Balaban J connectivity index is 2.83. The molecule has 0 fully saturated rings. The quantitative estimate of drug-likeness (QED) is 0.693. The molecule has 2 heteroatoms. The SMILES string of the molecule is C#CCC(N)c1cc(C)c(C)s1. The topological polar surface area (TPSA) is 26.0 Å². The lowest BCUT2D eigenvalue weighted by Crippen LogP contribution is -2.06. The Kier molecular flexibility index (Phi) is 2.91. The highest BCUT2D eigenvalue weighted by Crippen LogP contribution is 2.26. The molecule has 1 heterocycles. The van der Waals surface area contributed by atoms with Crippen molar-refractivity contribution in [2.24, 2.45) is 5.73 Å². The van der Waals surface area contributed by atoms with Crippen molar-refractivity contribution < 1.29 is 0 Å². The summed E-state index contributed by atoms with van der Waals surface area (Å²) in [6.07, 6.45) is 5.81. The van der Waals surface area contributed by atoms with Crippen molar-refractivity contribution in [2.45, 2.75) is 26.3 Å². The normalized spacial score (nSPS) is 12.5. The maximum atomic E-state index is 5.86. The average molecular weight is 179 g/mol. The molecule has 64 valence electrons. The fourth-order valence-corrected chi connectivity index (χ4v) is 2.06. The van der Waals surface area contributed by atoms with E-state index in [1.807, 2.05) is 0 Å². The molecule has 2 N–H and O–H groups in total. The molecule has 0 amide bonds. The number of terminal acetylenes is 1. The van der Waals surface area contributed by atoms with E-state index in [1.165, 1.54) is 15.3 Å². The number of aryl methyl sites for hydroxylation is 2. The monoisotopic (exact) mass is 179 g/mol. The van der Waals surface area contributed by atoms with E-state index in [-0.39, 0.29) is 6.04 Å². The summed E-state index contributed by atoms with van der Waals surface area (Å²) < 4.78 is 0. The molecule has 1 unspecified atom stereocenters. The van der Waals surface area contributed by atoms with Crippen LogP contribution in [0.2, 0.25) is 0 Å². The van der Waals surface area contributed by atoms with Gasteiger partial charge in [-0.15, -0.1) is 23.7 Å². The van der Waals surface area contributed by atoms with E-state index in [4.69, 9.17) is 12.2 Å². The highest BCUT2D eigenvalue weighted by molar-refractivity contribution is 7.12. The molecule has 1 nitrogen and oxygen atoms in total. The zero-order valence-corrected chi connectivity index (χ0v) is 8.24. The van der Waals surface area contributed by atoms with Gasteiger partial charge in [-0.05, 0) is 25.5 Å². The van der Waals surface area contributed by atoms with Gasteiger partial charge in [0.05, 0.1) is 6.04 Å². The van der Waals surface area contributed by atoms with Crippen molar-refractivity contribution in [3.8, 4) is 12.3 Å². The van der Waals surface area contributed by atoms with Gasteiger partial charge >= 0.3 is 0 Å². The summed E-state index contributed by atoms with van der Waals surface area (Å²) in [6.45, 7) is 4.20. The second kappa shape index (κ2) is 3.75. The van der Waals surface area contributed by atoms with Gasteiger partial charge in [0.15, 0.2) is 0 Å². The molecule has 0 bridgehead atoms. The van der Waals surface area contributed by atoms with Gasteiger partial charge in [0.1, 0.15) is 0 Å². The first kappa shape index (κ1) is 9.31. The van der Waals surface area contributed by atoms with Crippen LogP contribution >= 0.6 is 11.3 Å². The van der Waals surface area contributed by atoms with Crippen LogP contribution in [0.3, 0.4) is 0 Å². The van der Waals surface area contributed by atoms with Gasteiger partial charge < -0.3 is 5.73 Å². The molecule has 1 aromatic heterocycles. The van der Waals surface area contributed by atoms with Crippen LogP contribution in [-0.2, 0) is 0 Å². The van der Waals surface area contributed by atoms with Gasteiger partial charge in [-0.25, -0.2) is 0 Å². The van der Waals surface area contributed by atoms with Gasteiger partial charge in [-0.1, -0.05) is 0 Å². The van der Waals surface area contributed by atoms with E-state index in [0.717, 1.165) is 0 Å².